The molecule has 1 saturated heterocycles. The Balaban J connectivity index is 1.40. The van der Waals surface area contributed by atoms with E-state index in [1.54, 1.807) is 0 Å². The van der Waals surface area contributed by atoms with Crippen molar-refractivity contribution in [2.45, 2.75) is 83.6 Å². The highest BCUT2D eigenvalue weighted by Gasteiger charge is 2.49. The number of ether oxygens (including phenoxy) is 5. The quantitative estimate of drug-likeness (QED) is 0.154. The monoisotopic (exact) mass is 663 g/mol. The molecule has 49 heavy (non-hydrogen) atoms. The van der Waals surface area contributed by atoms with Gasteiger partial charge < -0.3 is 28.8 Å². The zero-order valence-electron chi connectivity index (χ0n) is 28.5. The molecule has 2 heterocycles. The van der Waals surface area contributed by atoms with Crippen LogP contribution in [0.15, 0.2) is 115 Å². The highest BCUT2D eigenvalue weighted by Crippen LogP contribution is 2.41. The van der Waals surface area contributed by atoms with E-state index in [1.807, 2.05) is 143 Å². The Morgan fingerprint density at radius 1 is 0.735 bits per heavy atom. The number of carbonyl (C=O) groups is 1. The number of benzene rings is 4. The molecular weight excluding hydrogens is 618 g/mol. The van der Waals surface area contributed by atoms with Crippen molar-refractivity contribution in [1.82, 2.24) is 4.57 Å². The molecule has 0 unspecified atom stereocenters. The second-order valence-electron chi connectivity index (χ2n) is 13.5. The van der Waals surface area contributed by atoms with Crippen LogP contribution in [0, 0.1) is 6.92 Å². The minimum Gasteiger partial charge on any atom is -0.443 e. The second-order valence-corrected chi connectivity index (χ2v) is 13.5. The van der Waals surface area contributed by atoms with Gasteiger partial charge in [0, 0.05) is 5.39 Å². The van der Waals surface area contributed by atoms with Crippen LogP contribution in [-0.4, -0.2) is 52.4 Å². The standard InChI is InChI=1S/C41H45NO7/c1-28-32-22-14-15-23-33(32)42(40(44)49-41(2,3)4)35(28)38-36(43)39(47-26-31-20-12-7-13-21-31)37(46-25-30-18-10-6-11-19-30)34(48-38)27-45-24-29-16-8-5-9-17-29/h5-23,34,36-39,43H,24-27H2,1-4H3/t34-,36-,37-,38-,39-/m1/s1. The molecule has 0 radical (unpaired) electrons. The highest BCUT2D eigenvalue weighted by atomic mass is 16.6. The average Bonchev–Trinajstić information content (AvgIpc) is 3.40. The lowest BCUT2D eigenvalue weighted by atomic mass is 9.91. The maximum Gasteiger partial charge on any atom is 0.419 e. The van der Waals surface area contributed by atoms with Gasteiger partial charge >= 0.3 is 6.09 Å². The lowest BCUT2D eigenvalue weighted by molar-refractivity contribution is -0.264. The number of aliphatic hydroxyl groups is 1. The molecule has 0 saturated carbocycles. The number of aromatic nitrogens is 1. The SMILES string of the molecule is Cc1c([C@H]2O[C@H](COCc3ccccc3)[C@@H](OCc3ccccc3)[C@H](OCc3ccccc3)[C@@H]2O)n(C(=O)OC(C)(C)C)c2ccccc12. The van der Waals surface area contributed by atoms with E-state index in [9.17, 15) is 9.90 Å². The summed E-state index contributed by atoms with van der Waals surface area (Å²) in [6.07, 6.45) is -4.93. The van der Waals surface area contributed by atoms with E-state index < -0.39 is 42.2 Å². The van der Waals surface area contributed by atoms with Gasteiger partial charge in [0.05, 0.1) is 37.6 Å². The van der Waals surface area contributed by atoms with Gasteiger partial charge in [-0.3, -0.25) is 0 Å². The smallest absolute Gasteiger partial charge is 0.419 e. The summed E-state index contributed by atoms with van der Waals surface area (Å²) in [6, 6.07) is 37.2. The molecule has 6 rings (SSSR count). The van der Waals surface area contributed by atoms with E-state index in [-0.39, 0.29) is 19.8 Å². The van der Waals surface area contributed by atoms with Crippen molar-refractivity contribution in [1.29, 1.82) is 0 Å². The summed E-state index contributed by atoms with van der Waals surface area (Å²) >= 11 is 0. The Bertz CT molecular complexity index is 1800. The molecule has 0 spiro atoms. The Hall–Kier alpha value is -4.31. The number of hydrogen-bond acceptors (Lipinski definition) is 7. The molecule has 1 aliphatic heterocycles. The Morgan fingerprint density at radius 2 is 1.24 bits per heavy atom. The van der Waals surface area contributed by atoms with Crippen LogP contribution in [0.3, 0.4) is 0 Å². The van der Waals surface area contributed by atoms with Gasteiger partial charge in [0.2, 0.25) is 0 Å². The molecule has 1 aromatic heterocycles. The van der Waals surface area contributed by atoms with Crippen LogP contribution in [0.5, 0.6) is 0 Å². The number of aryl methyl sites for hydroxylation is 1. The van der Waals surface area contributed by atoms with Crippen molar-refractivity contribution in [3.05, 3.63) is 143 Å². The maximum atomic E-state index is 13.9. The number of fused-ring (bicyclic) bond motifs is 1. The molecule has 1 aliphatic rings. The van der Waals surface area contributed by atoms with E-state index >= 15 is 0 Å². The third-order valence-electron chi connectivity index (χ3n) is 8.64. The topological polar surface area (TPSA) is 88.4 Å². The molecule has 5 atom stereocenters. The first-order valence-electron chi connectivity index (χ1n) is 16.8. The van der Waals surface area contributed by atoms with Crippen LogP contribution in [0.1, 0.15) is 54.8 Å². The third kappa shape index (κ3) is 8.29. The number of nitrogens with zero attached hydrogens (tertiary/aromatic N) is 1. The van der Waals surface area contributed by atoms with Crippen molar-refractivity contribution in [2.24, 2.45) is 0 Å². The van der Waals surface area contributed by atoms with Gasteiger partial charge in [-0.05, 0) is 56.0 Å². The molecule has 0 aliphatic carbocycles. The first kappa shape index (κ1) is 34.5. The average molecular weight is 664 g/mol. The van der Waals surface area contributed by atoms with Crippen LogP contribution in [-0.2, 0) is 43.5 Å². The summed E-state index contributed by atoms with van der Waals surface area (Å²) in [5, 5.41) is 13.2. The number of hydrogen-bond donors (Lipinski definition) is 1. The van der Waals surface area contributed by atoms with Gasteiger partial charge in [-0.25, -0.2) is 9.36 Å². The van der Waals surface area contributed by atoms with Crippen LogP contribution in [0.2, 0.25) is 0 Å². The van der Waals surface area contributed by atoms with Gasteiger partial charge in [0.25, 0.3) is 0 Å². The van der Waals surface area contributed by atoms with Crippen LogP contribution in [0.4, 0.5) is 4.79 Å². The predicted octanol–water partition coefficient (Wildman–Crippen LogP) is 7.92. The van der Waals surface area contributed by atoms with E-state index in [0.717, 1.165) is 27.6 Å². The molecule has 1 N–H and O–H groups in total. The fourth-order valence-corrected chi connectivity index (χ4v) is 6.35. The first-order valence-corrected chi connectivity index (χ1v) is 16.8. The van der Waals surface area contributed by atoms with Gasteiger partial charge in [0.1, 0.15) is 36.1 Å². The molecule has 4 aromatic carbocycles. The van der Waals surface area contributed by atoms with E-state index in [1.165, 1.54) is 4.57 Å². The summed E-state index contributed by atoms with van der Waals surface area (Å²) in [7, 11) is 0. The molecule has 0 bridgehead atoms. The van der Waals surface area contributed by atoms with E-state index in [0.29, 0.717) is 17.8 Å². The van der Waals surface area contributed by atoms with Crippen LogP contribution in [0.25, 0.3) is 10.9 Å². The second kappa shape index (κ2) is 15.5. The largest absolute Gasteiger partial charge is 0.443 e. The summed E-state index contributed by atoms with van der Waals surface area (Å²) in [5.41, 5.74) is 4.19. The normalized spacial score (nSPS) is 21.1. The summed E-state index contributed by atoms with van der Waals surface area (Å²) < 4.78 is 33.7. The van der Waals surface area contributed by atoms with Crippen LogP contribution < -0.4 is 0 Å². The maximum absolute atomic E-state index is 13.9. The molecule has 256 valence electrons. The zero-order chi connectivity index (χ0) is 34.4. The fourth-order valence-electron chi connectivity index (χ4n) is 6.35. The number of carbonyl (C=O) groups excluding carboxylic acids is 1. The van der Waals surface area contributed by atoms with Gasteiger partial charge in [0.15, 0.2) is 0 Å². The third-order valence-corrected chi connectivity index (χ3v) is 8.64. The van der Waals surface area contributed by atoms with Crippen molar-refractivity contribution in [3.8, 4) is 0 Å². The molecule has 8 heteroatoms. The Labute approximate surface area is 288 Å². The summed E-state index contributed by atoms with van der Waals surface area (Å²) in [6.45, 7) is 8.48. The minimum atomic E-state index is -1.21. The molecule has 5 aromatic rings. The van der Waals surface area contributed by atoms with Gasteiger partial charge in [-0.2, -0.15) is 0 Å². The van der Waals surface area contributed by atoms with Crippen molar-refractivity contribution in [2.75, 3.05) is 6.61 Å². The lowest BCUT2D eigenvalue weighted by Crippen LogP contribution is -2.58. The number of aliphatic hydroxyl groups excluding tert-OH is 1. The minimum absolute atomic E-state index is 0.161. The van der Waals surface area contributed by atoms with Gasteiger partial charge in [-0.1, -0.05) is 109 Å². The van der Waals surface area contributed by atoms with Crippen molar-refractivity contribution >= 4 is 17.0 Å². The summed E-state index contributed by atoms with van der Waals surface area (Å²) in [4.78, 5) is 13.9. The Kier molecular flexibility index (Phi) is 10.9. The zero-order valence-corrected chi connectivity index (χ0v) is 28.5. The van der Waals surface area contributed by atoms with E-state index in [4.69, 9.17) is 23.7 Å². The fraction of sp³-hybridized carbons (Fsp3) is 0.341. The number of rotatable bonds is 11. The predicted molar refractivity (Wildman–Crippen MR) is 188 cm³/mol. The van der Waals surface area contributed by atoms with Gasteiger partial charge in [-0.15, -0.1) is 0 Å². The Morgan fingerprint density at radius 3 is 1.82 bits per heavy atom. The number of para-hydroxylation sites is 1. The highest BCUT2D eigenvalue weighted by molar-refractivity contribution is 5.93. The first-order chi connectivity index (χ1) is 23.7. The van der Waals surface area contributed by atoms with Crippen LogP contribution >= 0.6 is 0 Å². The molecule has 8 nitrogen and oxygen atoms in total. The molecule has 0 amide bonds. The summed E-state index contributed by atoms with van der Waals surface area (Å²) in [5.74, 6) is 0. The van der Waals surface area contributed by atoms with Crippen molar-refractivity contribution < 1.29 is 33.6 Å². The molecule has 1 fully saturated rings. The lowest BCUT2D eigenvalue weighted by Gasteiger charge is -2.45. The van der Waals surface area contributed by atoms with Crippen molar-refractivity contribution in [3.63, 3.8) is 0 Å². The molecular formula is C41H45NO7. The van der Waals surface area contributed by atoms with E-state index in [2.05, 4.69) is 0 Å².